The van der Waals surface area contributed by atoms with Gasteiger partial charge >= 0.3 is 0 Å². The monoisotopic (exact) mass is 337 g/mol. The Balaban J connectivity index is 1.43. The fourth-order valence-corrected chi connectivity index (χ4v) is 3.40. The van der Waals surface area contributed by atoms with Crippen molar-refractivity contribution in [2.24, 2.45) is 0 Å². The summed E-state index contributed by atoms with van der Waals surface area (Å²) in [5.41, 5.74) is 4.53. The van der Waals surface area contributed by atoms with Crippen molar-refractivity contribution in [2.75, 3.05) is 42.9 Å². The average Bonchev–Trinajstić information content (AvgIpc) is 2.60. The highest BCUT2D eigenvalue weighted by molar-refractivity contribution is 5.91. The Kier molecular flexibility index (Phi) is 5.71. The second-order valence-electron chi connectivity index (χ2n) is 6.84. The van der Waals surface area contributed by atoms with Crippen LogP contribution in [0.3, 0.4) is 0 Å². The highest BCUT2D eigenvalue weighted by Crippen LogP contribution is 2.16. The van der Waals surface area contributed by atoms with E-state index in [-0.39, 0.29) is 5.91 Å². The van der Waals surface area contributed by atoms with Gasteiger partial charge in [0, 0.05) is 50.5 Å². The van der Waals surface area contributed by atoms with Crippen molar-refractivity contribution in [3.05, 3.63) is 59.7 Å². The molecule has 0 radical (unpaired) electrons. The first-order valence-corrected chi connectivity index (χ1v) is 9.01. The molecule has 1 aliphatic rings. The zero-order valence-corrected chi connectivity index (χ0v) is 15.2. The number of aryl methyl sites for hydroxylation is 2. The van der Waals surface area contributed by atoms with Crippen molar-refractivity contribution in [1.29, 1.82) is 0 Å². The normalized spacial score (nSPS) is 15.2. The Morgan fingerprint density at radius 2 is 1.60 bits per heavy atom. The van der Waals surface area contributed by atoms with E-state index in [0.717, 1.165) is 38.4 Å². The molecule has 4 heteroatoms. The number of piperazine rings is 1. The van der Waals surface area contributed by atoms with Crippen molar-refractivity contribution >= 4 is 17.3 Å². The summed E-state index contributed by atoms with van der Waals surface area (Å²) < 4.78 is 0. The summed E-state index contributed by atoms with van der Waals surface area (Å²) >= 11 is 0. The maximum Gasteiger partial charge on any atom is 0.225 e. The lowest BCUT2D eigenvalue weighted by Crippen LogP contribution is -2.47. The van der Waals surface area contributed by atoms with Gasteiger partial charge in [0.15, 0.2) is 0 Å². The molecule has 1 saturated heterocycles. The molecular formula is C21H27N3O. The molecule has 4 nitrogen and oxygen atoms in total. The topological polar surface area (TPSA) is 35.6 Å². The Hall–Kier alpha value is -2.33. The van der Waals surface area contributed by atoms with Crippen LogP contribution in [-0.4, -0.2) is 43.5 Å². The summed E-state index contributed by atoms with van der Waals surface area (Å²) in [5.74, 6) is 0.0930. The second-order valence-corrected chi connectivity index (χ2v) is 6.84. The van der Waals surface area contributed by atoms with Crippen LogP contribution in [0.2, 0.25) is 0 Å². The molecule has 1 N–H and O–H groups in total. The molecule has 0 aromatic heterocycles. The first-order chi connectivity index (χ1) is 12.1. The van der Waals surface area contributed by atoms with E-state index in [1.165, 1.54) is 16.8 Å². The molecule has 132 valence electrons. The molecular weight excluding hydrogens is 310 g/mol. The number of para-hydroxylation sites is 1. The third-order valence-corrected chi connectivity index (χ3v) is 4.65. The van der Waals surface area contributed by atoms with Gasteiger partial charge in [-0.05, 0) is 49.2 Å². The maximum absolute atomic E-state index is 12.2. The smallest absolute Gasteiger partial charge is 0.225 e. The molecule has 1 heterocycles. The van der Waals surface area contributed by atoms with Crippen LogP contribution in [0.5, 0.6) is 0 Å². The fourth-order valence-electron chi connectivity index (χ4n) is 3.40. The molecule has 1 aliphatic heterocycles. The number of carbonyl (C=O) groups excluding carboxylic acids is 1. The van der Waals surface area contributed by atoms with Gasteiger partial charge in [0.1, 0.15) is 0 Å². The SMILES string of the molecule is Cc1cc(C)cc(NC(=O)CCN2CCN(c3ccccc3)CC2)c1. The van der Waals surface area contributed by atoms with E-state index in [0.29, 0.717) is 6.42 Å². The number of rotatable bonds is 5. The van der Waals surface area contributed by atoms with Gasteiger partial charge in [0.2, 0.25) is 5.91 Å². The van der Waals surface area contributed by atoms with E-state index in [2.05, 4.69) is 59.3 Å². The lowest BCUT2D eigenvalue weighted by Gasteiger charge is -2.36. The summed E-state index contributed by atoms with van der Waals surface area (Å²) in [6.07, 6.45) is 0.540. The predicted octanol–water partition coefficient (Wildman–Crippen LogP) is 3.45. The predicted molar refractivity (Wildman–Crippen MR) is 104 cm³/mol. The van der Waals surface area contributed by atoms with Crippen LogP contribution >= 0.6 is 0 Å². The number of nitrogens with zero attached hydrogens (tertiary/aromatic N) is 2. The number of benzene rings is 2. The van der Waals surface area contributed by atoms with E-state index >= 15 is 0 Å². The molecule has 1 fully saturated rings. The van der Waals surface area contributed by atoms with Gasteiger partial charge in [0.25, 0.3) is 0 Å². The fraction of sp³-hybridized carbons (Fsp3) is 0.381. The summed E-state index contributed by atoms with van der Waals surface area (Å²) in [6.45, 7) is 8.96. The first-order valence-electron chi connectivity index (χ1n) is 9.01. The minimum Gasteiger partial charge on any atom is -0.369 e. The van der Waals surface area contributed by atoms with Gasteiger partial charge in [-0.2, -0.15) is 0 Å². The van der Waals surface area contributed by atoms with Gasteiger partial charge in [-0.15, -0.1) is 0 Å². The Morgan fingerprint density at radius 1 is 0.960 bits per heavy atom. The third kappa shape index (κ3) is 5.07. The number of anilines is 2. The minimum atomic E-state index is 0.0930. The Labute approximate surface area is 150 Å². The lowest BCUT2D eigenvalue weighted by molar-refractivity contribution is -0.116. The quantitative estimate of drug-likeness (QED) is 0.908. The third-order valence-electron chi connectivity index (χ3n) is 4.65. The summed E-state index contributed by atoms with van der Waals surface area (Å²) in [4.78, 5) is 17.0. The van der Waals surface area contributed by atoms with E-state index in [9.17, 15) is 4.79 Å². The largest absolute Gasteiger partial charge is 0.369 e. The van der Waals surface area contributed by atoms with Crippen LogP contribution in [0, 0.1) is 13.8 Å². The Bertz CT molecular complexity index is 686. The van der Waals surface area contributed by atoms with Gasteiger partial charge < -0.3 is 10.2 Å². The zero-order chi connectivity index (χ0) is 17.6. The molecule has 0 atom stereocenters. The van der Waals surface area contributed by atoms with Crippen molar-refractivity contribution < 1.29 is 4.79 Å². The Morgan fingerprint density at radius 3 is 2.24 bits per heavy atom. The van der Waals surface area contributed by atoms with Crippen LogP contribution in [0.25, 0.3) is 0 Å². The van der Waals surface area contributed by atoms with Gasteiger partial charge in [-0.1, -0.05) is 24.3 Å². The first kappa shape index (κ1) is 17.5. The maximum atomic E-state index is 12.2. The molecule has 3 rings (SSSR count). The molecule has 0 unspecified atom stereocenters. The van der Waals surface area contributed by atoms with E-state index in [1.54, 1.807) is 0 Å². The second kappa shape index (κ2) is 8.17. The van der Waals surface area contributed by atoms with E-state index in [1.807, 2.05) is 18.2 Å². The molecule has 2 aromatic rings. The number of amides is 1. The zero-order valence-electron chi connectivity index (χ0n) is 15.2. The van der Waals surface area contributed by atoms with Gasteiger partial charge in [0.05, 0.1) is 0 Å². The molecule has 0 spiro atoms. The summed E-state index contributed by atoms with van der Waals surface area (Å²) in [5, 5.41) is 3.02. The van der Waals surface area contributed by atoms with Gasteiger partial charge in [-0.3, -0.25) is 9.69 Å². The lowest BCUT2D eigenvalue weighted by atomic mass is 10.1. The number of nitrogens with one attached hydrogen (secondary N) is 1. The van der Waals surface area contributed by atoms with Crippen molar-refractivity contribution in [1.82, 2.24) is 4.90 Å². The number of carbonyl (C=O) groups is 1. The molecule has 0 aliphatic carbocycles. The molecule has 0 bridgehead atoms. The highest BCUT2D eigenvalue weighted by atomic mass is 16.1. The van der Waals surface area contributed by atoms with Crippen LogP contribution in [0.1, 0.15) is 17.5 Å². The van der Waals surface area contributed by atoms with Crippen molar-refractivity contribution in [2.45, 2.75) is 20.3 Å². The van der Waals surface area contributed by atoms with Crippen molar-refractivity contribution in [3.8, 4) is 0 Å². The minimum absolute atomic E-state index is 0.0930. The number of hydrogen-bond acceptors (Lipinski definition) is 3. The van der Waals surface area contributed by atoms with Crippen LogP contribution in [0.4, 0.5) is 11.4 Å². The van der Waals surface area contributed by atoms with Crippen LogP contribution in [0.15, 0.2) is 48.5 Å². The average molecular weight is 337 g/mol. The van der Waals surface area contributed by atoms with E-state index < -0.39 is 0 Å². The summed E-state index contributed by atoms with van der Waals surface area (Å²) in [7, 11) is 0. The highest BCUT2D eigenvalue weighted by Gasteiger charge is 2.17. The van der Waals surface area contributed by atoms with Crippen LogP contribution in [-0.2, 0) is 4.79 Å². The standard InChI is InChI=1S/C21H27N3O/c1-17-14-18(2)16-19(15-17)22-21(25)8-9-23-10-12-24(13-11-23)20-6-4-3-5-7-20/h3-7,14-16H,8-13H2,1-2H3,(H,22,25). The molecule has 25 heavy (non-hydrogen) atoms. The van der Waals surface area contributed by atoms with Crippen LogP contribution < -0.4 is 10.2 Å². The van der Waals surface area contributed by atoms with Gasteiger partial charge in [-0.25, -0.2) is 0 Å². The molecule has 1 amide bonds. The molecule has 2 aromatic carbocycles. The number of hydrogen-bond donors (Lipinski definition) is 1. The summed E-state index contributed by atoms with van der Waals surface area (Å²) in [6, 6.07) is 16.7. The van der Waals surface area contributed by atoms with E-state index in [4.69, 9.17) is 0 Å². The molecule has 0 saturated carbocycles. The van der Waals surface area contributed by atoms with Crippen molar-refractivity contribution in [3.63, 3.8) is 0 Å².